The summed E-state index contributed by atoms with van der Waals surface area (Å²) in [5.74, 6) is 0.543. The molecule has 154 valence electrons. The van der Waals surface area contributed by atoms with Crippen LogP contribution in [-0.4, -0.2) is 20.9 Å². The highest BCUT2D eigenvalue weighted by Crippen LogP contribution is 2.18. The lowest BCUT2D eigenvalue weighted by molar-refractivity contribution is 0.0962. The van der Waals surface area contributed by atoms with Crippen LogP contribution in [0.2, 0.25) is 0 Å². The molecule has 0 aliphatic heterocycles. The van der Waals surface area contributed by atoms with E-state index in [1.807, 2.05) is 79.7 Å². The lowest BCUT2D eigenvalue weighted by Crippen LogP contribution is -2.30. The average Bonchev–Trinajstić information content (AvgIpc) is 2.79. The Hall–Kier alpha value is -4.46. The molecule has 0 saturated heterocycles. The molecule has 0 atom stereocenters. The number of hydrogen-bond acceptors (Lipinski definition) is 7. The van der Waals surface area contributed by atoms with Crippen molar-refractivity contribution in [3.05, 3.63) is 96.1 Å². The number of nitrogens with zero attached hydrogens (tertiary/aromatic N) is 3. The monoisotopic (exact) mass is 411 g/mol. The van der Waals surface area contributed by atoms with Gasteiger partial charge >= 0.3 is 0 Å². The summed E-state index contributed by atoms with van der Waals surface area (Å²) >= 11 is 0. The number of amides is 1. The minimum atomic E-state index is -0.296. The van der Waals surface area contributed by atoms with Crippen molar-refractivity contribution in [2.24, 2.45) is 0 Å². The van der Waals surface area contributed by atoms with Crippen LogP contribution in [0.5, 0.6) is 0 Å². The molecule has 4 aromatic rings. The first-order valence-electron chi connectivity index (χ1n) is 9.69. The predicted molar refractivity (Wildman–Crippen MR) is 122 cm³/mol. The Morgan fingerprint density at radius 2 is 1.13 bits per heavy atom. The summed E-state index contributed by atoms with van der Waals surface area (Å²) in [4.78, 5) is 25.5. The van der Waals surface area contributed by atoms with E-state index in [1.165, 1.54) is 0 Å². The van der Waals surface area contributed by atoms with Crippen molar-refractivity contribution in [1.82, 2.24) is 20.4 Å². The normalized spacial score (nSPS) is 10.2. The molecular formula is C23H21N7O. The molecule has 0 saturated carbocycles. The van der Waals surface area contributed by atoms with E-state index >= 15 is 0 Å². The van der Waals surface area contributed by atoms with Crippen molar-refractivity contribution in [3.8, 4) is 0 Å². The lowest BCUT2D eigenvalue weighted by atomic mass is 10.1. The van der Waals surface area contributed by atoms with Crippen LogP contribution in [0.3, 0.4) is 0 Å². The highest BCUT2D eigenvalue weighted by atomic mass is 16.2. The maximum Gasteiger partial charge on any atom is 0.269 e. The number of aryl methyl sites for hydroxylation is 1. The molecule has 8 nitrogen and oxygen atoms in total. The van der Waals surface area contributed by atoms with Crippen molar-refractivity contribution < 1.29 is 4.79 Å². The molecule has 0 unspecified atom stereocenters. The Labute approximate surface area is 179 Å². The lowest BCUT2D eigenvalue weighted by Gasteiger charge is -2.12. The van der Waals surface area contributed by atoms with Gasteiger partial charge in [0.2, 0.25) is 17.8 Å². The zero-order valence-corrected chi connectivity index (χ0v) is 16.8. The van der Waals surface area contributed by atoms with Gasteiger partial charge in [-0.05, 0) is 43.3 Å². The van der Waals surface area contributed by atoms with Crippen LogP contribution in [-0.2, 0) is 0 Å². The number of nitrogens with one attached hydrogen (secondary N) is 4. The van der Waals surface area contributed by atoms with E-state index in [-0.39, 0.29) is 11.9 Å². The molecule has 4 rings (SSSR count). The number of carbonyl (C=O) groups is 1. The first-order valence-corrected chi connectivity index (χ1v) is 9.69. The number of carbonyl (C=O) groups excluding carboxylic acids is 1. The maximum atomic E-state index is 12.4. The van der Waals surface area contributed by atoms with Crippen LogP contribution in [0, 0.1) is 6.92 Å². The zero-order valence-electron chi connectivity index (χ0n) is 16.8. The molecule has 0 fully saturated rings. The van der Waals surface area contributed by atoms with E-state index in [0.29, 0.717) is 17.5 Å². The predicted octanol–water partition coefficient (Wildman–Crippen LogP) is 4.42. The van der Waals surface area contributed by atoms with Gasteiger partial charge in [-0.3, -0.25) is 15.6 Å². The van der Waals surface area contributed by atoms with E-state index in [1.54, 1.807) is 12.1 Å². The van der Waals surface area contributed by atoms with E-state index in [0.717, 1.165) is 16.9 Å². The van der Waals surface area contributed by atoms with Gasteiger partial charge in [0.15, 0.2) is 0 Å². The van der Waals surface area contributed by atoms with Gasteiger partial charge in [0.1, 0.15) is 0 Å². The molecular weight excluding hydrogens is 390 g/mol. The van der Waals surface area contributed by atoms with E-state index in [2.05, 4.69) is 36.4 Å². The Balaban J connectivity index is 1.54. The van der Waals surface area contributed by atoms with Crippen LogP contribution in [0.4, 0.5) is 29.2 Å². The molecule has 0 aliphatic carbocycles. The molecule has 0 radical (unpaired) electrons. The Morgan fingerprint density at radius 3 is 1.65 bits per heavy atom. The molecule has 3 aromatic carbocycles. The van der Waals surface area contributed by atoms with Gasteiger partial charge in [-0.1, -0.05) is 54.1 Å². The number of rotatable bonds is 7. The first-order chi connectivity index (χ1) is 15.2. The summed E-state index contributed by atoms with van der Waals surface area (Å²) in [5.41, 5.74) is 8.65. The minimum absolute atomic E-state index is 0.187. The third-order valence-corrected chi connectivity index (χ3v) is 4.30. The summed E-state index contributed by atoms with van der Waals surface area (Å²) in [6.07, 6.45) is 0. The van der Waals surface area contributed by atoms with Crippen LogP contribution in [0.1, 0.15) is 15.9 Å². The van der Waals surface area contributed by atoms with E-state index < -0.39 is 0 Å². The van der Waals surface area contributed by atoms with Gasteiger partial charge in [0.05, 0.1) is 0 Å². The number of anilines is 5. The van der Waals surface area contributed by atoms with Gasteiger partial charge in [-0.2, -0.15) is 15.0 Å². The largest absolute Gasteiger partial charge is 0.324 e. The van der Waals surface area contributed by atoms with Crippen LogP contribution in [0.15, 0.2) is 84.9 Å². The molecule has 0 aliphatic rings. The van der Waals surface area contributed by atoms with Crippen molar-refractivity contribution in [1.29, 1.82) is 0 Å². The molecule has 0 spiro atoms. The molecule has 4 N–H and O–H groups in total. The van der Waals surface area contributed by atoms with Crippen LogP contribution < -0.4 is 21.5 Å². The minimum Gasteiger partial charge on any atom is -0.324 e. The van der Waals surface area contributed by atoms with Crippen molar-refractivity contribution in [3.63, 3.8) is 0 Å². The van der Waals surface area contributed by atoms with E-state index in [4.69, 9.17) is 0 Å². The van der Waals surface area contributed by atoms with Gasteiger partial charge < -0.3 is 10.6 Å². The highest BCUT2D eigenvalue weighted by Gasteiger charge is 2.10. The van der Waals surface area contributed by atoms with Crippen molar-refractivity contribution in [2.45, 2.75) is 6.92 Å². The third-order valence-electron chi connectivity index (χ3n) is 4.30. The number of benzene rings is 3. The maximum absolute atomic E-state index is 12.4. The second-order valence-corrected chi connectivity index (χ2v) is 6.73. The van der Waals surface area contributed by atoms with Gasteiger partial charge in [-0.15, -0.1) is 0 Å². The zero-order chi connectivity index (χ0) is 21.5. The van der Waals surface area contributed by atoms with E-state index in [9.17, 15) is 4.79 Å². The summed E-state index contributed by atoms with van der Waals surface area (Å²) < 4.78 is 0. The third kappa shape index (κ3) is 5.54. The highest BCUT2D eigenvalue weighted by molar-refractivity contribution is 5.94. The fraction of sp³-hybridized carbons (Fsp3) is 0.0435. The smallest absolute Gasteiger partial charge is 0.269 e. The molecule has 1 amide bonds. The summed E-state index contributed by atoms with van der Waals surface area (Å²) in [6.45, 7) is 1.97. The second-order valence-electron chi connectivity index (χ2n) is 6.73. The average molecular weight is 411 g/mol. The second kappa shape index (κ2) is 9.36. The number of hydrogen-bond donors (Lipinski definition) is 4. The Morgan fingerprint density at radius 1 is 0.645 bits per heavy atom. The number of aromatic nitrogens is 3. The fourth-order valence-corrected chi connectivity index (χ4v) is 2.73. The van der Waals surface area contributed by atoms with Crippen molar-refractivity contribution in [2.75, 3.05) is 16.1 Å². The van der Waals surface area contributed by atoms with Crippen LogP contribution in [0.25, 0.3) is 0 Å². The fourth-order valence-electron chi connectivity index (χ4n) is 2.73. The summed E-state index contributed by atoms with van der Waals surface area (Å²) in [6, 6.07) is 26.4. The molecule has 1 aromatic heterocycles. The SMILES string of the molecule is Cc1ccc(C(=O)NNc2nc(Nc3ccccc3)nc(Nc3ccccc3)n2)cc1. The number of hydrazine groups is 1. The Kier molecular flexibility index (Phi) is 5.99. The summed E-state index contributed by atoms with van der Waals surface area (Å²) in [5, 5.41) is 6.28. The van der Waals surface area contributed by atoms with Gasteiger partial charge in [-0.25, -0.2) is 0 Å². The first kappa shape index (κ1) is 19.8. The van der Waals surface area contributed by atoms with Crippen LogP contribution >= 0.6 is 0 Å². The molecule has 8 heteroatoms. The molecule has 1 heterocycles. The summed E-state index contributed by atoms with van der Waals surface area (Å²) in [7, 11) is 0. The standard InChI is InChI=1S/C23H21N7O/c1-16-12-14-17(15-13-16)20(31)29-30-23-27-21(24-18-8-4-2-5-9-18)26-22(28-23)25-19-10-6-3-7-11-19/h2-15H,1H3,(H,29,31)(H3,24,25,26,27,28,30). The molecule has 0 bridgehead atoms. The quantitative estimate of drug-likeness (QED) is 0.334. The topological polar surface area (TPSA) is 104 Å². The molecule has 31 heavy (non-hydrogen) atoms. The number of para-hydroxylation sites is 2. The van der Waals surface area contributed by atoms with Gasteiger partial charge in [0.25, 0.3) is 5.91 Å². The van der Waals surface area contributed by atoms with Gasteiger partial charge in [0, 0.05) is 16.9 Å². The Bertz CT molecular complexity index is 1090. The van der Waals surface area contributed by atoms with Crippen molar-refractivity contribution >= 4 is 35.1 Å².